The van der Waals surface area contributed by atoms with Crippen molar-refractivity contribution in [1.82, 2.24) is 14.8 Å². The summed E-state index contributed by atoms with van der Waals surface area (Å²) >= 11 is 6.44. The van der Waals surface area contributed by atoms with Crippen LogP contribution >= 0.6 is 11.6 Å². The van der Waals surface area contributed by atoms with Crippen molar-refractivity contribution in [1.29, 1.82) is 0 Å². The highest BCUT2D eigenvalue weighted by atomic mass is 35.5. The fourth-order valence-electron chi connectivity index (χ4n) is 3.40. The van der Waals surface area contributed by atoms with Crippen LogP contribution in [0.3, 0.4) is 0 Å². The molecule has 7 nitrogen and oxygen atoms in total. The molecule has 4 rings (SSSR count). The topological polar surface area (TPSA) is 95.1 Å². The van der Waals surface area contributed by atoms with Gasteiger partial charge in [-0.2, -0.15) is 4.98 Å². The number of carbonyl (C=O) groups is 1. The number of amides is 1. The number of benzene rings is 2. The van der Waals surface area contributed by atoms with Crippen molar-refractivity contribution in [2.24, 2.45) is 5.73 Å². The molecule has 2 heterocycles. The third-order valence-corrected chi connectivity index (χ3v) is 5.01. The zero-order valence-electron chi connectivity index (χ0n) is 15.3. The quantitative estimate of drug-likeness (QED) is 0.706. The van der Waals surface area contributed by atoms with Gasteiger partial charge in [-0.15, -0.1) is 5.10 Å². The second kappa shape index (κ2) is 7.01. The van der Waals surface area contributed by atoms with Gasteiger partial charge in [-0.3, -0.25) is 4.79 Å². The molecule has 1 aliphatic rings. The molecule has 0 radical (unpaired) electrons. The molecule has 1 amide bonds. The first-order valence-electron chi connectivity index (χ1n) is 8.63. The van der Waals surface area contributed by atoms with Gasteiger partial charge in [-0.1, -0.05) is 41.9 Å². The van der Waals surface area contributed by atoms with E-state index in [9.17, 15) is 4.79 Å². The van der Waals surface area contributed by atoms with E-state index >= 15 is 0 Å². The monoisotopic (exact) mass is 395 g/mol. The van der Waals surface area contributed by atoms with E-state index in [4.69, 9.17) is 22.1 Å². The van der Waals surface area contributed by atoms with Crippen LogP contribution in [0, 0.1) is 0 Å². The molecule has 8 heteroatoms. The van der Waals surface area contributed by atoms with Gasteiger partial charge >= 0.3 is 0 Å². The van der Waals surface area contributed by atoms with Crippen molar-refractivity contribution in [2.75, 3.05) is 12.4 Å². The molecule has 0 unspecified atom stereocenters. The lowest BCUT2D eigenvalue weighted by Gasteiger charge is -2.28. The summed E-state index contributed by atoms with van der Waals surface area (Å²) in [5.41, 5.74) is 8.16. The van der Waals surface area contributed by atoms with Gasteiger partial charge in [0.05, 0.1) is 18.2 Å². The van der Waals surface area contributed by atoms with Crippen molar-refractivity contribution < 1.29 is 9.53 Å². The zero-order valence-corrected chi connectivity index (χ0v) is 16.1. The largest absolute Gasteiger partial charge is 0.496 e. The summed E-state index contributed by atoms with van der Waals surface area (Å²) in [5.74, 6) is 1.07. The van der Waals surface area contributed by atoms with Crippen LogP contribution < -0.4 is 15.8 Å². The number of allylic oxidation sites excluding steroid dienone is 1. The van der Waals surface area contributed by atoms with Crippen LogP contribution in [0.2, 0.25) is 5.02 Å². The van der Waals surface area contributed by atoms with E-state index in [1.54, 1.807) is 24.8 Å². The summed E-state index contributed by atoms with van der Waals surface area (Å²) in [6.45, 7) is 1.78. The molecule has 0 saturated carbocycles. The number of hydrogen-bond donors (Lipinski definition) is 2. The molecule has 0 saturated heterocycles. The molecule has 1 aromatic heterocycles. The maximum atomic E-state index is 12.2. The highest BCUT2D eigenvalue weighted by Gasteiger charge is 2.34. The minimum absolute atomic E-state index is 0.386. The van der Waals surface area contributed by atoms with Gasteiger partial charge in [0.15, 0.2) is 5.82 Å². The van der Waals surface area contributed by atoms with Gasteiger partial charge in [0.25, 0.3) is 0 Å². The highest BCUT2D eigenvalue weighted by Crippen LogP contribution is 2.39. The minimum Gasteiger partial charge on any atom is -0.496 e. The van der Waals surface area contributed by atoms with Gasteiger partial charge < -0.3 is 15.8 Å². The first-order chi connectivity index (χ1) is 13.5. The Labute approximate surface area is 166 Å². The number of anilines is 1. The Hall–Kier alpha value is -3.32. The number of rotatable bonds is 4. The Morgan fingerprint density at radius 3 is 2.64 bits per heavy atom. The fourth-order valence-corrected chi connectivity index (χ4v) is 3.64. The molecule has 0 fully saturated rings. The van der Waals surface area contributed by atoms with Gasteiger partial charge in [0.1, 0.15) is 11.8 Å². The molecule has 142 valence electrons. The molecular weight excluding hydrogens is 378 g/mol. The van der Waals surface area contributed by atoms with Gasteiger partial charge in [0.2, 0.25) is 11.9 Å². The van der Waals surface area contributed by atoms with E-state index in [0.717, 1.165) is 11.1 Å². The Morgan fingerprint density at radius 2 is 1.93 bits per heavy atom. The molecule has 0 bridgehead atoms. The number of nitrogens with one attached hydrogen (secondary N) is 1. The number of hydrogen-bond acceptors (Lipinski definition) is 5. The van der Waals surface area contributed by atoms with Crippen molar-refractivity contribution >= 4 is 23.5 Å². The smallest absolute Gasteiger partial charge is 0.248 e. The molecular formula is C20H18ClN5O2. The van der Waals surface area contributed by atoms with Crippen LogP contribution in [0.25, 0.3) is 11.4 Å². The van der Waals surface area contributed by atoms with Gasteiger partial charge in [0, 0.05) is 16.3 Å². The van der Waals surface area contributed by atoms with Gasteiger partial charge in [-0.25, -0.2) is 4.68 Å². The predicted octanol–water partition coefficient (Wildman–Crippen LogP) is 3.38. The van der Waals surface area contributed by atoms with Crippen LogP contribution in [-0.4, -0.2) is 27.8 Å². The van der Waals surface area contributed by atoms with Crippen LogP contribution in [0.1, 0.15) is 18.5 Å². The molecule has 1 aliphatic heterocycles. The second-order valence-corrected chi connectivity index (χ2v) is 6.76. The first kappa shape index (κ1) is 18.1. The molecule has 28 heavy (non-hydrogen) atoms. The van der Waals surface area contributed by atoms with Crippen LogP contribution in [0.4, 0.5) is 5.95 Å². The fraction of sp³-hybridized carbons (Fsp3) is 0.150. The average Bonchev–Trinajstić information content (AvgIpc) is 3.10. The summed E-state index contributed by atoms with van der Waals surface area (Å²) in [4.78, 5) is 16.9. The molecule has 1 atom stereocenters. The Kier molecular flexibility index (Phi) is 4.52. The lowest BCUT2D eigenvalue weighted by molar-refractivity contribution is -0.115. The maximum absolute atomic E-state index is 12.2. The van der Waals surface area contributed by atoms with Crippen LogP contribution in [-0.2, 0) is 4.79 Å². The Morgan fingerprint density at radius 1 is 1.21 bits per heavy atom. The summed E-state index contributed by atoms with van der Waals surface area (Å²) in [5, 5.41) is 8.30. The number of primary amides is 1. The number of fused-ring (bicyclic) bond motifs is 1. The molecule has 3 aromatic rings. The maximum Gasteiger partial charge on any atom is 0.248 e. The van der Waals surface area contributed by atoms with E-state index in [1.165, 1.54) is 0 Å². The number of halogens is 1. The number of ether oxygens (including phenoxy) is 1. The van der Waals surface area contributed by atoms with Crippen molar-refractivity contribution in [3.8, 4) is 17.1 Å². The summed E-state index contributed by atoms with van der Waals surface area (Å²) in [7, 11) is 1.59. The van der Waals surface area contributed by atoms with Crippen molar-refractivity contribution in [3.63, 3.8) is 0 Å². The van der Waals surface area contributed by atoms with E-state index in [1.807, 2.05) is 42.5 Å². The zero-order chi connectivity index (χ0) is 19.8. The highest BCUT2D eigenvalue weighted by molar-refractivity contribution is 6.31. The van der Waals surface area contributed by atoms with E-state index in [2.05, 4.69) is 15.4 Å². The summed E-state index contributed by atoms with van der Waals surface area (Å²) in [6, 6.07) is 14.2. The molecule has 2 aromatic carbocycles. The molecule has 3 N–H and O–H groups in total. The number of nitrogens with two attached hydrogens (primary N) is 1. The number of methoxy groups -OCH3 is 1. The predicted molar refractivity (Wildman–Crippen MR) is 107 cm³/mol. The summed E-state index contributed by atoms with van der Waals surface area (Å²) < 4.78 is 7.06. The Bertz CT molecular complexity index is 1110. The SMILES string of the molecule is COc1ccccc1-c1nc2n(n1)[C@H](c1ccccc1Cl)C(C(N)=O)=C(C)N2. The molecule has 0 aliphatic carbocycles. The molecule has 0 spiro atoms. The van der Waals surface area contributed by atoms with Crippen molar-refractivity contribution in [2.45, 2.75) is 13.0 Å². The van der Waals surface area contributed by atoms with E-state index in [0.29, 0.717) is 33.8 Å². The van der Waals surface area contributed by atoms with Gasteiger partial charge in [-0.05, 0) is 25.1 Å². The van der Waals surface area contributed by atoms with E-state index < -0.39 is 11.9 Å². The number of aromatic nitrogens is 3. The lowest BCUT2D eigenvalue weighted by Crippen LogP contribution is -2.32. The third-order valence-electron chi connectivity index (χ3n) is 4.67. The van der Waals surface area contributed by atoms with Crippen LogP contribution in [0.15, 0.2) is 59.8 Å². The lowest BCUT2D eigenvalue weighted by atomic mass is 9.95. The summed E-state index contributed by atoms with van der Waals surface area (Å²) in [6.07, 6.45) is 0. The average molecular weight is 396 g/mol. The number of nitrogens with zero attached hydrogens (tertiary/aromatic N) is 3. The first-order valence-corrected chi connectivity index (χ1v) is 9.01. The number of carbonyl (C=O) groups excluding carboxylic acids is 1. The normalized spacial score (nSPS) is 15.8. The standard InChI is InChI=1S/C20H18ClN5O2/c1-11-16(18(22)27)17(12-7-3-5-9-14(12)21)26-20(23-11)24-19(25-26)13-8-4-6-10-15(13)28-2/h3-10,17H,1-2H3,(H2,22,27)(H,23,24,25)/t17-/m1/s1. The van der Waals surface area contributed by atoms with Crippen molar-refractivity contribution in [3.05, 3.63) is 70.4 Å². The second-order valence-electron chi connectivity index (χ2n) is 6.36. The van der Waals surface area contributed by atoms with E-state index in [-0.39, 0.29) is 0 Å². The minimum atomic E-state index is -0.585. The van der Waals surface area contributed by atoms with Crippen LogP contribution in [0.5, 0.6) is 5.75 Å². The Balaban J connectivity index is 1.92. The third kappa shape index (κ3) is 2.90. The number of para-hydroxylation sites is 1.